The standard InChI is InChI=1S/C20H21NO3S/c22-19(21-13-5-4-8-18(21)20(23)24)16-9-11-17(12-10-16)25-14-15-6-2-1-3-7-15/h1-3,6-7,9-12,18H,4-5,8,13-14H2,(H,23,24)/t18-/m1/s1. The molecule has 3 rings (SSSR count). The SMILES string of the molecule is O=C(O)[C@H]1CCCCN1C(=O)c1ccc(SCc2ccccc2)cc1. The summed E-state index contributed by atoms with van der Waals surface area (Å²) in [7, 11) is 0. The van der Waals surface area contributed by atoms with E-state index in [9.17, 15) is 14.7 Å². The van der Waals surface area contributed by atoms with E-state index in [0.717, 1.165) is 23.5 Å². The van der Waals surface area contributed by atoms with Gasteiger partial charge < -0.3 is 10.0 Å². The zero-order valence-electron chi connectivity index (χ0n) is 13.9. The molecule has 5 heteroatoms. The third kappa shape index (κ3) is 4.42. The summed E-state index contributed by atoms with van der Waals surface area (Å²) in [4.78, 5) is 26.6. The fraction of sp³-hybridized carbons (Fsp3) is 0.300. The molecule has 1 atom stereocenters. The maximum atomic E-state index is 12.7. The molecule has 2 aromatic rings. The molecule has 0 aliphatic carbocycles. The van der Waals surface area contributed by atoms with Crippen LogP contribution in [0.4, 0.5) is 0 Å². The number of likely N-dealkylation sites (tertiary alicyclic amines) is 1. The Kier molecular flexibility index (Phi) is 5.76. The Morgan fingerprint density at radius 1 is 1.04 bits per heavy atom. The molecule has 2 aromatic carbocycles. The fourth-order valence-corrected chi connectivity index (χ4v) is 3.89. The Hall–Kier alpha value is -2.27. The monoisotopic (exact) mass is 355 g/mol. The summed E-state index contributed by atoms with van der Waals surface area (Å²) in [6.07, 6.45) is 2.25. The third-order valence-electron chi connectivity index (χ3n) is 4.40. The molecule has 1 aliphatic rings. The van der Waals surface area contributed by atoms with Gasteiger partial charge in [-0.2, -0.15) is 0 Å². The van der Waals surface area contributed by atoms with E-state index in [1.165, 1.54) is 10.5 Å². The number of carboxylic acids is 1. The molecule has 1 fully saturated rings. The quantitative estimate of drug-likeness (QED) is 0.822. The molecule has 1 saturated heterocycles. The van der Waals surface area contributed by atoms with Crippen molar-refractivity contribution < 1.29 is 14.7 Å². The number of benzene rings is 2. The predicted molar refractivity (Wildman–Crippen MR) is 98.8 cm³/mol. The van der Waals surface area contributed by atoms with Crippen LogP contribution in [-0.2, 0) is 10.5 Å². The summed E-state index contributed by atoms with van der Waals surface area (Å²) in [5.74, 6) is -0.226. The van der Waals surface area contributed by atoms with Crippen molar-refractivity contribution in [3.63, 3.8) is 0 Å². The van der Waals surface area contributed by atoms with Crippen LogP contribution in [0, 0.1) is 0 Å². The topological polar surface area (TPSA) is 57.6 Å². The maximum absolute atomic E-state index is 12.7. The molecule has 1 N–H and O–H groups in total. The number of hydrogen-bond acceptors (Lipinski definition) is 3. The second-order valence-electron chi connectivity index (χ2n) is 6.15. The van der Waals surface area contributed by atoms with Crippen LogP contribution in [0.5, 0.6) is 0 Å². The van der Waals surface area contributed by atoms with Gasteiger partial charge in [0.1, 0.15) is 6.04 Å². The summed E-state index contributed by atoms with van der Waals surface area (Å²) < 4.78 is 0. The molecule has 130 valence electrons. The average molecular weight is 355 g/mol. The van der Waals surface area contributed by atoms with Gasteiger partial charge in [0.05, 0.1) is 0 Å². The number of aliphatic carboxylic acids is 1. The second-order valence-corrected chi connectivity index (χ2v) is 7.20. The molecule has 0 unspecified atom stereocenters. The van der Waals surface area contributed by atoms with Gasteiger partial charge in [0.15, 0.2) is 0 Å². The number of rotatable bonds is 5. The Labute approximate surface area is 151 Å². The highest BCUT2D eigenvalue weighted by atomic mass is 32.2. The zero-order chi connectivity index (χ0) is 17.6. The van der Waals surface area contributed by atoms with Gasteiger partial charge in [-0.1, -0.05) is 30.3 Å². The Bertz CT molecular complexity index is 730. The first-order valence-corrected chi connectivity index (χ1v) is 9.44. The van der Waals surface area contributed by atoms with Gasteiger partial charge in [0.2, 0.25) is 0 Å². The molecule has 0 saturated carbocycles. The molecule has 25 heavy (non-hydrogen) atoms. The first-order chi connectivity index (χ1) is 12.1. The molecule has 0 spiro atoms. The molecule has 0 radical (unpaired) electrons. The first-order valence-electron chi connectivity index (χ1n) is 8.46. The second kappa shape index (κ2) is 8.21. The molecule has 0 bridgehead atoms. The number of amides is 1. The number of nitrogens with zero attached hydrogens (tertiary/aromatic N) is 1. The predicted octanol–water partition coefficient (Wildman–Crippen LogP) is 4.06. The minimum absolute atomic E-state index is 0.188. The largest absolute Gasteiger partial charge is 0.480 e. The Morgan fingerprint density at radius 2 is 1.76 bits per heavy atom. The average Bonchev–Trinajstić information content (AvgIpc) is 2.67. The van der Waals surface area contributed by atoms with Crippen molar-refractivity contribution in [3.8, 4) is 0 Å². The van der Waals surface area contributed by atoms with Crippen molar-refractivity contribution in [2.24, 2.45) is 0 Å². The smallest absolute Gasteiger partial charge is 0.326 e. The third-order valence-corrected chi connectivity index (χ3v) is 5.48. The van der Waals surface area contributed by atoms with E-state index in [0.29, 0.717) is 18.5 Å². The molecular weight excluding hydrogens is 334 g/mol. The van der Waals surface area contributed by atoms with Crippen LogP contribution < -0.4 is 0 Å². The van der Waals surface area contributed by atoms with Gasteiger partial charge in [0, 0.05) is 22.8 Å². The van der Waals surface area contributed by atoms with Crippen molar-refractivity contribution in [1.82, 2.24) is 4.90 Å². The number of carbonyl (C=O) groups excluding carboxylic acids is 1. The first kappa shape index (κ1) is 17.5. The summed E-state index contributed by atoms with van der Waals surface area (Å²) in [5.41, 5.74) is 1.81. The molecule has 1 aliphatic heterocycles. The molecule has 1 amide bonds. The van der Waals surface area contributed by atoms with Crippen LogP contribution in [0.2, 0.25) is 0 Å². The van der Waals surface area contributed by atoms with Crippen LogP contribution in [-0.4, -0.2) is 34.5 Å². The van der Waals surface area contributed by atoms with E-state index < -0.39 is 12.0 Å². The number of carboxylic acid groups (broad SMARTS) is 1. The van der Waals surface area contributed by atoms with Gasteiger partial charge in [-0.05, 0) is 49.1 Å². The number of carbonyl (C=O) groups is 2. The van der Waals surface area contributed by atoms with Gasteiger partial charge in [-0.25, -0.2) is 4.79 Å². The van der Waals surface area contributed by atoms with Crippen molar-refractivity contribution in [2.45, 2.75) is 36.0 Å². The van der Waals surface area contributed by atoms with Crippen molar-refractivity contribution in [2.75, 3.05) is 6.54 Å². The highest BCUT2D eigenvalue weighted by molar-refractivity contribution is 7.98. The van der Waals surface area contributed by atoms with Crippen LogP contribution in [0.25, 0.3) is 0 Å². The van der Waals surface area contributed by atoms with Gasteiger partial charge in [-0.15, -0.1) is 11.8 Å². The Morgan fingerprint density at radius 3 is 2.44 bits per heavy atom. The van der Waals surface area contributed by atoms with Crippen LogP contribution >= 0.6 is 11.8 Å². The summed E-state index contributed by atoms with van der Waals surface area (Å²) >= 11 is 1.72. The molecule has 4 nitrogen and oxygen atoms in total. The summed E-state index contributed by atoms with van der Waals surface area (Å²) in [6.45, 7) is 0.514. The van der Waals surface area contributed by atoms with E-state index >= 15 is 0 Å². The summed E-state index contributed by atoms with van der Waals surface area (Å²) in [5, 5.41) is 9.33. The minimum atomic E-state index is -0.914. The van der Waals surface area contributed by atoms with Crippen LogP contribution in [0.3, 0.4) is 0 Å². The van der Waals surface area contributed by atoms with Gasteiger partial charge >= 0.3 is 5.97 Å². The lowest BCUT2D eigenvalue weighted by molar-refractivity contribution is -0.143. The van der Waals surface area contributed by atoms with E-state index in [4.69, 9.17) is 0 Å². The normalized spacial score (nSPS) is 17.3. The molecule has 0 aromatic heterocycles. The lowest BCUT2D eigenvalue weighted by Crippen LogP contribution is -2.47. The lowest BCUT2D eigenvalue weighted by atomic mass is 10.0. The van der Waals surface area contributed by atoms with E-state index in [-0.39, 0.29) is 5.91 Å². The number of thioether (sulfide) groups is 1. The van der Waals surface area contributed by atoms with Gasteiger partial charge in [0.25, 0.3) is 5.91 Å². The number of hydrogen-bond donors (Lipinski definition) is 1. The van der Waals surface area contributed by atoms with Crippen LogP contribution in [0.15, 0.2) is 59.5 Å². The highest BCUT2D eigenvalue weighted by Crippen LogP contribution is 2.25. The maximum Gasteiger partial charge on any atom is 0.326 e. The van der Waals surface area contributed by atoms with Crippen molar-refractivity contribution >= 4 is 23.6 Å². The van der Waals surface area contributed by atoms with E-state index in [1.807, 2.05) is 30.3 Å². The Balaban J connectivity index is 1.65. The minimum Gasteiger partial charge on any atom is -0.480 e. The van der Waals surface area contributed by atoms with Crippen molar-refractivity contribution in [1.29, 1.82) is 0 Å². The van der Waals surface area contributed by atoms with E-state index in [1.54, 1.807) is 23.9 Å². The van der Waals surface area contributed by atoms with Gasteiger partial charge in [-0.3, -0.25) is 4.79 Å². The number of piperidine rings is 1. The van der Waals surface area contributed by atoms with Crippen molar-refractivity contribution in [3.05, 3.63) is 65.7 Å². The van der Waals surface area contributed by atoms with Crippen LogP contribution in [0.1, 0.15) is 35.2 Å². The zero-order valence-corrected chi connectivity index (χ0v) is 14.7. The lowest BCUT2D eigenvalue weighted by Gasteiger charge is -2.33. The highest BCUT2D eigenvalue weighted by Gasteiger charge is 2.32. The summed E-state index contributed by atoms with van der Waals surface area (Å²) in [6, 6.07) is 17.0. The molecular formula is C20H21NO3S. The van der Waals surface area contributed by atoms with E-state index in [2.05, 4.69) is 12.1 Å². The molecule has 1 heterocycles. The fourth-order valence-electron chi connectivity index (χ4n) is 3.03.